The number of carbonyl (C=O) groups is 2. The van der Waals surface area contributed by atoms with Crippen LogP contribution in [0.2, 0.25) is 0 Å². The number of nitrogens with one attached hydrogen (secondary N) is 1. The van der Waals surface area contributed by atoms with Gasteiger partial charge < -0.3 is 14.5 Å². The van der Waals surface area contributed by atoms with Crippen molar-refractivity contribution in [3.05, 3.63) is 23.7 Å². The average Bonchev–Trinajstić information content (AvgIpc) is 2.73. The summed E-state index contributed by atoms with van der Waals surface area (Å²) in [5, 5.41) is 2.72. The summed E-state index contributed by atoms with van der Waals surface area (Å²) in [6, 6.07) is 3.16. The monoisotopic (exact) mass is 239 g/mol. The first-order chi connectivity index (χ1) is 8.02. The zero-order valence-electron chi connectivity index (χ0n) is 10.3. The Morgan fingerprint density at radius 1 is 1.41 bits per heavy atom. The van der Waals surface area contributed by atoms with E-state index < -0.39 is 5.97 Å². The third kappa shape index (κ3) is 4.30. The molecule has 0 spiro atoms. The number of rotatable bonds is 5. The lowest BCUT2D eigenvalue weighted by molar-refractivity contribution is -0.122. The molecule has 5 heteroatoms. The van der Waals surface area contributed by atoms with Crippen molar-refractivity contribution in [2.24, 2.45) is 5.92 Å². The molecule has 0 atom stereocenters. The van der Waals surface area contributed by atoms with Gasteiger partial charge in [0.1, 0.15) is 5.76 Å². The molecule has 94 valence electrons. The third-order valence-electron chi connectivity index (χ3n) is 2.10. The minimum absolute atomic E-state index is 0.0315. The molecule has 0 saturated carbocycles. The molecule has 5 nitrogen and oxygen atoms in total. The molecule has 0 bridgehead atoms. The highest BCUT2D eigenvalue weighted by Gasteiger charge is 2.11. The second-order valence-electron chi connectivity index (χ2n) is 4.13. The fraction of sp³-hybridized carbons (Fsp3) is 0.500. The van der Waals surface area contributed by atoms with E-state index in [1.54, 1.807) is 6.07 Å². The Morgan fingerprint density at radius 2 is 2.12 bits per heavy atom. The third-order valence-corrected chi connectivity index (χ3v) is 2.10. The van der Waals surface area contributed by atoms with Gasteiger partial charge in [-0.15, -0.1) is 0 Å². The number of hydrogen-bond donors (Lipinski definition) is 1. The molecule has 1 amide bonds. The molecule has 0 saturated heterocycles. The lowest BCUT2D eigenvalue weighted by atomic mass is 10.1. The number of ether oxygens (including phenoxy) is 1. The van der Waals surface area contributed by atoms with Crippen LogP contribution in [-0.4, -0.2) is 19.0 Å². The van der Waals surface area contributed by atoms with Crippen LogP contribution in [-0.2, 0) is 16.1 Å². The number of amides is 1. The minimum atomic E-state index is -0.523. The van der Waals surface area contributed by atoms with Gasteiger partial charge in [-0.3, -0.25) is 4.79 Å². The standard InChI is InChI=1S/C12H17NO4/c1-8(2)6-11(14)13-7-9-4-5-10(17-9)12(15)16-3/h4-5,8H,6-7H2,1-3H3,(H,13,14). The lowest BCUT2D eigenvalue weighted by Crippen LogP contribution is -2.23. The first-order valence-electron chi connectivity index (χ1n) is 5.46. The first-order valence-corrected chi connectivity index (χ1v) is 5.46. The summed E-state index contributed by atoms with van der Waals surface area (Å²) < 4.78 is 9.71. The van der Waals surface area contributed by atoms with Crippen LogP contribution in [0, 0.1) is 5.92 Å². The molecular formula is C12H17NO4. The molecule has 1 heterocycles. The summed E-state index contributed by atoms with van der Waals surface area (Å²) in [7, 11) is 1.29. The summed E-state index contributed by atoms with van der Waals surface area (Å²) in [5.74, 6) is 0.432. The van der Waals surface area contributed by atoms with E-state index in [-0.39, 0.29) is 18.2 Å². The molecule has 1 N–H and O–H groups in total. The van der Waals surface area contributed by atoms with Crippen molar-refractivity contribution < 1.29 is 18.7 Å². The highest BCUT2D eigenvalue weighted by Crippen LogP contribution is 2.09. The Bertz CT molecular complexity index is 395. The van der Waals surface area contributed by atoms with Crippen LogP contribution in [0.25, 0.3) is 0 Å². The SMILES string of the molecule is COC(=O)c1ccc(CNC(=O)CC(C)C)o1. The second kappa shape index (κ2) is 6.08. The molecule has 0 unspecified atom stereocenters. The van der Waals surface area contributed by atoms with Gasteiger partial charge in [-0.25, -0.2) is 4.79 Å². The Balaban J connectivity index is 2.45. The Kier molecular flexibility index (Phi) is 4.75. The van der Waals surface area contributed by atoms with Gasteiger partial charge in [0.2, 0.25) is 11.7 Å². The van der Waals surface area contributed by atoms with Gasteiger partial charge in [-0.1, -0.05) is 13.8 Å². The Labute approximate surface area is 100 Å². The molecule has 1 aromatic rings. The molecular weight excluding hydrogens is 222 g/mol. The molecule has 0 aliphatic heterocycles. The van der Waals surface area contributed by atoms with Crippen molar-refractivity contribution in [2.75, 3.05) is 7.11 Å². The van der Waals surface area contributed by atoms with Crippen LogP contribution in [0.4, 0.5) is 0 Å². The number of hydrogen-bond acceptors (Lipinski definition) is 4. The summed E-state index contributed by atoms with van der Waals surface area (Å²) in [6.45, 7) is 4.23. The van der Waals surface area contributed by atoms with Gasteiger partial charge in [0.05, 0.1) is 13.7 Å². The Hall–Kier alpha value is -1.78. The molecule has 0 aliphatic carbocycles. The van der Waals surface area contributed by atoms with Crippen LogP contribution < -0.4 is 5.32 Å². The van der Waals surface area contributed by atoms with Crippen LogP contribution in [0.3, 0.4) is 0 Å². The summed E-state index contributed by atoms with van der Waals surface area (Å²) in [5.41, 5.74) is 0. The van der Waals surface area contributed by atoms with E-state index in [1.165, 1.54) is 13.2 Å². The van der Waals surface area contributed by atoms with E-state index in [2.05, 4.69) is 10.1 Å². The number of esters is 1. The molecule has 0 fully saturated rings. The van der Waals surface area contributed by atoms with Gasteiger partial charge in [-0.2, -0.15) is 0 Å². The van der Waals surface area contributed by atoms with Crippen molar-refractivity contribution in [1.82, 2.24) is 5.32 Å². The maximum Gasteiger partial charge on any atom is 0.373 e. The second-order valence-corrected chi connectivity index (χ2v) is 4.13. The van der Waals surface area contributed by atoms with Crippen molar-refractivity contribution >= 4 is 11.9 Å². The van der Waals surface area contributed by atoms with Crippen LogP contribution in [0.15, 0.2) is 16.5 Å². The number of furan rings is 1. The van der Waals surface area contributed by atoms with E-state index in [0.29, 0.717) is 18.1 Å². The van der Waals surface area contributed by atoms with E-state index in [1.807, 2.05) is 13.8 Å². The van der Waals surface area contributed by atoms with Crippen molar-refractivity contribution in [2.45, 2.75) is 26.8 Å². The molecule has 1 rings (SSSR count). The average molecular weight is 239 g/mol. The summed E-state index contributed by atoms with van der Waals surface area (Å²) in [4.78, 5) is 22.5. The van der Waals surface area contributed by atoms with Gasteiger partial charge in [0, 0.05) is 6.42 Å². The fourth-order valence-electron chi connectivity index (χ4n) is 1.31. The molecule has 0 aromatic carbocycles. The molecule has 0 aliphatic rings. The zero-order valence-corrected chi connectivity index (χ0v) is 10.3. The lowest BCUT2D eigenvalue weighted by Gasteiger charge is -2.05. The van der Waals surface area contributed by atoms with Gasteiger partial charge in [0.15, 0.2) is 0 Å². The summed E-state index contributed by atoms with van der Waals surface area (Å²) >= 11 is 0. The highest BCUT2D eigenvalue weighted by atomic mass is 16.5. The maximum atomic E-state index is 11.4. The van der Waals surface area contributed by atoms with Gasteiger partial charge >= 0.3 is 5.97 Å². The first kappa shape index (κ1) is 13.3. The molecule has 17 heavy (non-hydrogen) atoms. The van der Waals surface area contributed by atoms with Crippen molar-refractivity contribution in [1.29, 1.82) is 0 Å². The van der Waals surface area contributed by atoms with E-state index in [4.69, 9.17) is 4.42 Å². The quantitative estimate of drug-likeness (QED) is 0.794. The number of methoxy groups -OCH3 is 1. The fourth-order valence-corrected chi connectivity index (χ4v) is 1.31. The van der Waals surface area contributed by atoms with E-state index in [9.17, 15) is 9.59 Å². The minimum Gasteiger partial charge on any atom is -0.463 e. The maximum absolute atomic E-state index is 11.4. The van der Waals surface area contributed by atoms with E-state index >= 15 is 0 Å². The van der Waals surface area contributed by atoms with E-state index in [0.717, 1.165) is 0 Å². The van der Waals surface area contributed by atoms with Crippen molar-refractivity contribution in [3.63, 3.8) is 0 Å². The molecule has 1 aromatic heterocycles. The van der Waals surface area contributed by atoms with Crippen molar-refractivity contribution in [3.8, 4) is 0 Å². The number of carbonyl (C=O) groups excluding carboxylic acids is 2. The van der Waals surface area contributed by atoms with Crippen LogP contribution in [0.5, 0.6) is 0 Å². The Morgan fingerprint density at radius 3 is 2.71 bits per heavy atom. The summed E-state index contributed by atoms with van der Waals surface area (Å²) in [6.07, 6.45) is 0.477. The van der Waals surface area contributed by atoms with Gasteiger partial charge in [0.25, 0.3) is 0 Å². The largest absolute Gasteiger partial charge is 0.463 e. The smallest absolute Gasteiger partial charge is 0.373 e. The zero-order chi connectivity index (χ0) is 12.8. The predicted molar refractivity (Wildman–Crippen MR) is 61.3 cm³/mol. The molecule has 0 radical (unpaired) electrons. The predicted octanol–water partition coefficient (Wildman–Crippen LogP) is 1.73. The van der Waals surface area contributed by atoms with Crippen LogP contribution in [0.1, 0.15) is 36.6 Å². The van der Waals surface area contributed by atoms with Gasteiger partial charge in [-0.05, 0) is 18.1 Å². The topological polar surface area (TPSA) is 68.5 Å². The highest BCUT2D eigenvalue weighted by molar-refractivity contribution is 5.86. The van der Waals surface area contributed by atoms with Crippen LogP contribution >= 0.6 is 0 Å². The normalized spacial score (nSPS) is 10.4.